The molecule has 0 atom stereocenters. The summed E-state index contributed by atoms with van der Waals surface area (Å²) in [7, 11) is 0. The number of rotatable bonds is 7. The van der Waals surface area contributed by atoms with E-state index >= 15 is 0 Å². The molecule has 0 aliphatic carbocycles. The van der Waals surface area contributed by atoms with E-state index in [-0.39, 0.29) is 11.5 Å². The smallest absolute Gasteiger partial charge is 0.318 e. The first kappa shape index (κ1) is 17.7. The van der Waals surface area contributed by atoms with E-state index < -0.39 is 21.2 Å². The Labute approximate surface area is 141 Å². The third-order valence-electron chi connectivity index (χ3n) is 3.06. The second-order valence-electron chi connectivity index (χ2n) is 4.69. The Morgan fingerprint density at radius 3 is 2.40 bits per heavy atom. The predicted molar refractivity (Wildman–Crippen MR) is 89.2 cm³/mol. The van der Waals surface area contributed by atoms with Crippen molar-refractivity contribution in [1.29, 1.82) is 0 Å². The zero-order valence-electron chi connectivity index (χ0n) is 13.1. The van der Waals surface area contributed by atoms with Crippen molar-refractivity contribution < 1.29 is 19.3 Å². The fraction of sp³-hybridized carbons (Fsp3) is 0.133. The first-order valence-electron chi connectivity index (χ1n) is 7.07. The van der Waals surface area contributed by atoms with Crippen LogP contribution < -0.4 is 15.3 Å². The van der Waals surface area contributed by atoms with Gasteiger partial charge in [-0.1, -0.05) is 0 Å². The van der Waals surface area contributed by atoms with E-state index in [4.69, 9.17) is 15.3 Å². The lowest BCUT2D eigenvalue weighted by molar-refractivity contribution is -0.394. The van der Waals surface area contributed by atoms with E-state index in [9.17, 15) is 20.2 Å². The molecule has 0 amide bonds. The number of hydrogen-bond acceptors (Lipinski definition) is 8. The number of ether oxygens (including phenoxy) is 2. The lowest BCUT2D eigenvalue weighted by atomic mass is 10.2. The average molecular weight is 346 g/mol. The van der Waals surface area contributed by atoms with Gasteiger partial charge in [-0.2, -0.15) is 5.10 Å². The monoisotopic (exact) mass is 346 g/mol. The van der Waals surface area contributed by atoms with Crippen LogP contribution in [0.5, 0.6) is 17.2 Å². The molecule has 0 fully saturated rings. The molecule has 130 valence electrons. The van der Waals surface area contributed by atoms with Crippen molar-refractivity contribution in [1.82, 2.24) is 0 Å². The zero-order valence-corrected chi connectivity index (χ0v) is 13.1. The van der Waals surface area contributed by atoms with Gasteiger partial charge in [0, 0.05) is 6.07 Å². The van der Waals surface area contributed by atoms with Crippen molar-refractivity contribution in [3.63, 3.8) is 0 Å². The van der Waals surface area contributed by atoms with Gasteiger partial charge in [0.05, 0.1) is 28.7 Å². The Hall–Kier alpha value is -3.69. The summed E-state index contributed by atoms with van der Waals surface area (Å²) < 4.78 is 11.0. The van der Waals surface area contributed by atoms with Crippen molar-refractivity contribution in [3.05, 3.63) is 62.2 Å². The number of nitro groups is 2. The van der Waals surface area contributed by atoms with Crippen LogP contribution in [0, 0.1) is 20.2 Å². The van der Waals surface area contributed by atoms with Gasteiger partial charge in [-0.3, -0.25) is 20.2 Å². The lowest BCUT2D eigenvalue weighted by Gasteiger charge is -2.12. The molecular formula is C15H14N4O6. The molecule has 0 aliphatic heterocycles. The highest BCUT2D eigenvalue weighted by molar-refractivity contribution is 5.80. The van der Waals surface area contributed by atoms with Crippen molar-refractivity contribution in [3.8, 4) is 17.2 Å². The second-order valence-corrected chi connectivity index (χ2v) is 4.69. The van der Waals surface area contributed by atoms with E-state index in [1.807, 2.05) is 0 Å². The molecule has 0 saturated heterocycles. The minimum atomic E-state index is -0.752. The van der Waals surface area contributed by atoms with Crippen LogP contribution in [0.3, 0.4) is 0 Å². The van der Waals surface area contributed by atoms with Gasteiger partial charge in [-0.05, 0) is 36.8 Å². The largest absolute Gasteiger partial charge is 0.490 e. The maximum absolute atomic E-state index is 11.2. The van der Waals surface area contributed by atoms with E-state index in [1.54, 1.807) is 19.1 Å². The first-order chi connectivity index (χ1) is 12.0. The average Bonchev–Trinajstić information content (AvgIpc) is 2.57. The summed E-state index contributed by atoms with van der Waals surface area (Å²) in [5.41, 5.74) is -0.278. The highest BCUT2D eigenvalue weighted by Crippen LogP contribution is 2.38. The van der Waals surface area contributed by atoms with Gasteiger partial charge < -0.3 is 15.3 Å². The maximum atomic E-state index is 11.2. The van der Waals surface area contributed by atoms with Gasteiger partial charge in [0.2, 0.25) is 5.75 Å². The van der Waals surface area contributed by atoms with Crippen molar-refractivity contribution in [2.75, 3.05) is 6.61 Å². The molecule has 0 aromatic heterocycles. The number of benzene rings is 2. The van der Waals surface area contributed by atoms with Crippen LogP contribution in [-0.2, 0) is 0 Å². The van der Waals surface area contributed by atoms with Crippen molar-refractivity contribution in [2.24, 2.45) is 10.9 Å². The van der Waals surface area contributed by atoms with Crippen molar-refractivity contribution in [2.45, 2.75) is 6.92 Å². The normalized spacial score (nSPS) is 10.6. The number of nitrogens with two attached hydrogens (primary N) is 1. The molecule has 0 saturated carbocycles. The van der Waals surface area contributed by atoms with E-state index in [1.165, 1.54) is 18.3 Å². The predicted octanol–water partition coefficient (Wildman–Crippen LogP) is 2.99. The van der Waals surface area contributed by atoms with Crippen LogP contribution in [0.15, 0.2) is 41.5 Å². The molecule has 0 unspecified atom stereocenters. The van der Waals surface area contributed by atoms with Gasteiger partial charge in [0.15, 0.2) is 11.5 Å². The maximum Gasteiger partial charge on any atom is 0.318 e. The molecule has 0 radical (unpaired) electrons. The number of non-ortho nitro benzene ring substituents is 1. The summed E-state index contributed by atoms with van der Waals surface area (Å²) in [6.45, 7) is 2.10. The summed E-state index contributed by atoms with van der Waals surface area (Å²) in [6.07, 6.45) is 1.40. The van der Waals surface area contributed by atoms with Gasteiger partial charge in [-0.25, -0.2) is 0 Å². The number of nitro benzene ring substituents is 2. The topological polar surface area (TPSA) is 143 Å². The quantitative estimate of drug-likeness (QED) is 0.351. The Balaban J connectivity index is 2.44. The third kappa shape index (κ3) is 4.19. The molecule has 0 spiro atoms. The summed E-state index contributed by atoms with van der Waals surface area (Å²) in [5.74, 6) is 5.51. The lowest BCUT2D eigenvalue weighted by Crippen LogP contribution is -1.99. The van der Waals surface area contributed by atoms with Gasteiger partial charge in [0.25, 0.3) is 5.69 Å². The number of nitrogens with zero attached hydrogens (tertiary/aromatic N) is 3. The van der Waals surface area contributed by atoms with Crippen LogP contribution in [-0.4, -0.2) is 22.7 Å². The molecule has 2 rings (SSSR count). The molecular weight excluding hydrogens is 332 g/mol. The number of hydrogen-bond donors (Lipinski definition) is 1. The molecule has 25 heavy (non-hydrogen) atoms. The molecule has 2 aromatic carbocycles. The summed E-state index contributed by atoms with van der Waals surface area (Å²) in [5, 5.41) is 25.4. The summed E-state index contributed by atoms with van der Waals surface area (Å²) >= 11 is 0. The van der Waals surface area contributed by atoms with Gasteiger partial charge in [0.1, 0.15) is 0 Å². The van der Waals surface area contributed by atoms with E-state index in [2.05, 4.69) is 5.10 Å². The first-order valence-corrected chi connectivity index (χ1v) is 7.07. The second kappa shape index (κ2) is 7.73. The highest BCUT2D eigenvalue weighted by atomic mass is 16.6. The van der Waals surface area contributed by atoms with Crippen LogP contribution in [0.4, 0.5) is 11.4 Å². The molecule has 2 aromatic rings. The third-order valence-corrected chi connectivity index (χ3v) is 3.06. The fourth-order valence-corrected chi connectivity index (χ4v) is 2.01. The van der Waals surface area contributed by atoms with Crippen LogP contribution in [0.1, 0.15) is 12.5 Å². The SMILES string of the molecule is CCOc1cc(C=NN)ccc1Oc1ccc([N+](=O)[O-])cc1[N+](=O)[O-]. The Morgan fingerprint density at radius 2 is 1.80 bits per heavy atom. The zero-order chi connectivity index (χ0) is 18.4. The van der Waals surface area contributed by atoms with E-state index in [0.717, 1.165) is 12.1 Å². The Bertz CT molecular complexity index is 837. The molecule has 0 aliphatic rings. The molecule has 2 N–H and O–H groups in total. The van der Waals surface area contributed by atoms with E-state index in [0.29, 0.717) is 17.9 Å². The Kier molecular flexibility index (Phi) is 5.46. The number of hydrazone groups is 1. The molecule has 0 heterocycles. The van der Waals surface area contributed by atoms with Crippen LogP contribution in [0.2, 0.25) is 0 Å². The van der Waals surface area contributed by atoms with Gasteiger partial charge >= 0.3 is 5.69 Å². The fourth-order valence-electron chi connectivity index (χ4n) is 2.01. The summed E-state index contributed by atoms with van der Waals surface area (Å²) in [6, 6.07) is 7.90. The minimum Gasteiger partial charge on any atom is -0.490 e. The highest BCUT2D eigenvalue weighted by Gasteiger charge is 2.22. The summed E-state index contributed by atoms with van der Waals surface area (Å²) in [4.78, 5) is 20.5. The van der Waals surface area contributed by atoms with Crippen molar-refractivity contribution >= 4 is 17.6 Å². The standard InChI is InChI=1S/C15H14N4O6/c1-2-24-15-7-10(9-17-16)3-5-14(15)25-13-6-4-11(18(20)21)8-12(13)19(22)23/h3-9H,2,16H2,1H3. The molecule has 10 heteroatoms. The molecule has 0 bridgehead atoms. The Morgan fingerprint density at radius 1 is 1.08 bits per heavy atom. The van der Waals surface area contributed by atoms with Gasteiger partial charge in [-0.15, -0.1) is 0 Å². The molecule has 10 nitrogen and oxygen atoms in total. The van der Waals surface area contributed by atoms with Crippen LogP contribution in [0.25, 0.3) is 0 Å². The van der Waals surface area contributed by atoms with Crippen LogP contribution >= 0.6 is 0 Å². The minimum absolute atomic E-state index is 0.142.